The predicted molar refractivity (Wildman–Crippen MR) is 46.5 cm³/mol. The number of aromatic nitrogens is 3. The van der Waals surface area contributed by atoms with E-state index in [2.05, 4.69) is 9.97 Å². The molecule has 1 N–H and O–H groups in total. The molecule has 0 spiro atoms. The first-order chi connectivity index (χ1) is 6.72. The average Bonchev–Trinajstić information content (AvgIpc) is 2.59. The van der Waals surface area contributed by atoms with Crippen molar-refractivity contribution in [1.29, 1.82) is 0 Å². The van der Waals surface area contributed by atoms with Gasteiger partial charge in [-0.2, -0.15) is 4.98 Å². The highest BCUT2D eigenvalue weighted by Crippen LogP contribution is 2.09. The molecule has 2 rings (SSSR count). The standard InChI is InChI=1S/C8H7N3O3/c1-14-6-2-3-11-5(7(12)13)4-9-8(11)10-6/h2-4H,1H3,(H,12,13). The number of carboxylic acids is 1. The fourth-order valence-electron chi connectivity index (χ4n) is 1.13. The molecule has 14 heavy (non-hydrogen) atoms. The van der Waals surface area contributed by atoms with Crippen molar-refractivity contribution in [1.82, 2.24) is 14.4 Å². The first kappa shape index (κ1) is 8.49. The van der Waals surface area contributed by atoms with E-state index in [4.69, 9.17) is 9.84 Å². The molecular weight excluding hydrogens is 186 g/mol. The van der Waals surface area contributed by atoms with Gasteiger partial charge in [0.15, 0.2) is 5.69 Å². The molecule has 0 bridgehead atoms. The lowest BCUT2D eigenvalue weighted by atomic mass is 10.5. The number of imidazole rings is 1. The normalized spacial score (nSPS) is 10.4. The van der Waals surface area contributed by atoms with Crippen LogP contribution in [0.1, 0.15) is 10.5 Å². The largest absolute Gasteiger partial charge is 0.481 e. The van der Waals surface area contributed by atoms with Crippen molar-refractivity contribution >= 4 is 11.7 Å². The minimum atomic E-state index is -1.04. The number of nitrogens with zero attached hydrogens (tertiary/aromatic N) is 3. The fraction of sp³-hybridized carbons (Fsp3) is 0.125. The van der Waals surface area contributed by atoms with Gasteiger partial charge in [-0.25, -0.2) is 9.78 Å². The molecule has 0 atom stereocenters. The first-order valence-electron chi connectivity index (χ1n) is 3.84. The van der Waals surface area contributed by atoms with Crippen LogP contribution in [0.4, 0.5) is 0 Å². The fourth-order valence-corrected chi connectivity index (χ4v) is 1.13. The second-order valence-corrected chi connectivity index (χ2v) is 2.59. The maximum absolute atomic E-state index is 10.7. The quantitative estimate of drug-likeness (QED) is 0.748. The molecule has 0 aliphatic heterocycles. The van der Waals surface area contributed by atoms with Crippen molar-refractivity contribution in [2.75, 3.05) is 7.11 Å². The number of rotatable bonds is 2. The molecule has 2 aromatic rings. The summed E-state index contributed by atoms with van der Waals surface area (Å²) in [5.74, 6) is -0.328. The highest BCUT2D eigenvalue weighted by Gasteiger charge is 2.10. The minimum Gasteiger partial charge on any atom is -0.481 e. The number of fused-ring (bicyclic) bond motifs is 1. The average molecular weight is 193 g/mol. The van der Waals surface area contributed by atoms with Crippen molar-refractivity contribution < 1.29 is 14.6 Å². The van der Waals surface area contributed by atoms with Gasteiger partial charge in [-0.3, -0.25) is 4.40 Å². The van der Waals surface area contributed by atoms with Gasteiger partial charge in [-0.1, -0.05) is 0 Å². The molecule has 0 unspecified atom stereocenters. The number of ether oxygens (including phenoxy) is 1. The number of carboxylic acid groups (broad SMARTS) is 1. The van der Waals surface area contributed by atoms with Crippen molar-refractivity contribution in [3.05, 3.63) is 24.2 Å². The summed E-state index contributed by atoms with van der Waals surface area (Å²) in [5, 5.41) is 8.78. The van der Waals surface area contributed by atoms with Gasteiger partial charge < -0.3 is 9.84 Å². The van der Waals surface area contributed by atoms with Crippen molar-refractivity contribution in [3.8, 4) is 5.88 Å². The van der Waals surface area contributed by atoms with Crippen LogP contribution < -0.4 is 4.74 Å². The van der Waals surface area contributed by atoms with Gasteiger partial charge in [-0.05, 0) is 0 Å². The van der Waals surface area contributed by atoms with Crippen LogP contribution in [0.25, 0.3) is 5.78 Å². The molecule has 0 fully saturated rings. The van der Waals surface area contributed by atoms with Crippen LogP contribution in [-0.2, 0) is 0 Å². The third-order valence-electron chi connectivity index (χ3n) is 1.78. The Balaban J connectivity index is 2.65. The van der Waals surface area contributed by atoms with Crippen LogP contribution in [0.2, 0.25) is 0 Å². The summed E-state index contributed by atoms with van der Waals surface area (Å²) in [6.07, 6.45) is 2.81. The summed E-state index contributed by atoms with van der Waals surface area (Å²) in [7, 11) is 1.49. The number of methoxy groups -OCH3 is 1. The highest BCUT2D eigenvalue weighted by atomic mass is 16.5. The van der Waals surface area contributed by atoms with Crippen molar-refractivity contribution in [2.45, 2.75) is 0 Å². The van der Waals surface area contributed by atoms with E-state index in [0.717, 1.165) is 0 Å². The molecular formula is C8H7N3O3. The Morgan fingerprint density at radius 2 is 2.43 bits per heavy atom. The molecule has 0 aliphatic carbocycles. The Bertz CT molecular complexity index is 492. The summed E-state index contributed by atoms with van der Waals surface area (Å²) in [6.45, 7) is 0. The number of aromatic carboxylic acids is 1. The van der Waals surface area contributed by atoms with Crippen molar-refractivity contribution in [3.63, 3.8) is 0 Å². The maximum atomic E-state index is 10.7. The second-order valence-electron chi connectivity index (χ2n) is 2.59. The predicted octanol–water partition coefficient (Wildman–Crippen LogP) is 0.436. The Kier molecular flexibility index (Phi) is 1.81. The number of hydrogen-bond donors (Lipinski definition) is 1. The molecule has 6 heteroatoms. The first-order valence-corrected chi connectivity index (χ1v) is 3.84. The lowest BCUT2D eigenvalue weighted by Gasteiger charge is -1.99. The van der Waals surface area contributed by atoms with Gasteiger partial charge in [0, 0.05) is 12.3 Å². The van der Waals surface area contributed by atoms with Gasteiger partial charge >= 0.3 is 5.97 Å². The molecule has 0 saturated heterocycles. The van der Waals surface area contributed by atoms with E-state index in [1.54, 1.807) is 12.3 Å². The Labute approximate surface area is 78.8 Å². The van der Waals surface area contributed by atoms with Gasteiger partial charge in [0.1, 0.15) is 0 Å². The molecule has 72 valence electrons. The zero-order valence-corrected chi connectivity index (χ0v) is 7.34. The zero-order valence-electron chi connectivity index (χ0n) is 7.34. The monoisotopic (exact) mass is 193 g/mol. The summed E-state index contributed by atoms with van der Waals surface area (Å²) in [5.41, 5.74) is 0.0788. The van der Waals surface area contributed by atoms with E-state index < -0.39 is 5.97 Å². The van der Waals surface area contributed by atoms with Gasteiger partial charge in [0.05, 0.1) is 13.3 Å². The summed E-state index contributed by atoms with van der Waals surface area (Å²) in [6, 6.07) is 1.57. The lowest BCUT2D eigenvalue weighted by molar-refractivity contribution is 0.0689. The molecule has 0 radical (unpaired) electrons. The van der Waals surface area contributed by atoms with Crippen LogP contribution in [0.15, 0.2) is 18.5 Å². The minimum absolute atomic E-state index is 0.0788. The summed E-state index contributed by atoms with van der Waals surface area (Å²) in [4.78, 5) is 18.5. The Morgan fingerprint density at radius 3 is 3.07 bits per heavy atom. The van der Waals surface area contributed by atoms with Crippen LogP contribution in [-0.4, -0.2) is 32.6 Å². The Morgan fingerprint density at radius 1 is 1.64 bits per heavy atom. The second kappa shape index (κ2) is 2.99. The number of hydrogen-bond acceptors (Lipinski definition) is 4. The van der Waals surface area contributed by atoms with E-state index in [-0.39, 0.29) is 5.69 Å². The van der Waals surface area contributed by atoms with Crippen LogP contribution >= 0.6 is 0 Å². The third kappa shape index (κ3) is 1.17. The van der Waals surface area contributed by atoms with Gasteiger partial charge in [-0.15, -0.1) is 0 Å². The molecule has 6 nitrogen and oxygen atoms in total. The SMILES string of the molecule is COc1ccn2c(C(=O)O)cnc2n1. The molecule has 0 amide bonds. The maximum Gasteiger partial charge on any atom is 0.354 e. The number of carbonyl (C=O) groups is 1. The lowest BCUT2D eigenvalue weighted by Crippen LogP contribution is -2.02. The highest BCUT2D eigenvalue weighted by molar-refractivity contribution is 5.86. The smallest absolute Gasteiger partial charge is 0.354 e. The van der Waals surface area contributed by atoms with E-state index >= 15 is 0 Å². The summed E-state index contributed by atoms with van der Waals surface area (Å²) >= 11 is 0. The van der Waals surface area contributed by atoms with Crippen LogP contribution in [0.5, 0.6) is 5.88 Å². The molecule has 2 heterocycles. The van der Waals surface area contributed by atoms with E-state index in [9.17, 15) is 4.79 Å². The van der Waals surface area contributed by atoms with E-state index in [1.165, 1.54) is 17.7 Å². The molecule has 0 aliphatic rings. The Hall–Kier alpha value is -2.11. The third-order valence-corrected chi connectivity index (χ3v) is 1.78. The van der Waals surface area contributed by atoms with Gasteiger partial charge in [0.25, 0.3) is 0 Å². The topological polar surface area (TPSA) is 76.7 Å². The van der Waals surface area contributed by atoms with E-state index in [0.29, 0.717) is 11.7 Å². The van der Waals surface area contributed by atoms with Crippen LogP contribution in [0, 0.1) is 0 Å². The van der Waals surface area contributed by atoms with Gasteiger partial charge in [0.2, 0.25) is 11.7 Å². The van der Waals surface area contributed by atoms with E-state index in [1.807, 2.05) is 0 Å². The van der Waals surface area contributed by atoms with Crippen molar-refractivity contribution in [2.24, 2.45) is 0 Å². The zero-order chi connectivity index (χ0) is 10.1. The molecule has 2 aromatic heterocycles. The summed E-state index contributed by atoms with van der Waals surface area (Å²) < 4.78 is 6.26. The molecule has 0 aromatic carbocycles. The molecule has 0 saturated carbocycles. The van der Waals surface area contributed by atoms with Crippen LogP contribution in [0.3, 0.4) is 0 Å².